The Labute approximate surface area is 128 Å². The summed E-state index contributed by atoms with van der Waals surface area (Å²) in [6.07, 6.45) is 0. The molecule has 0 spiro atoms. The van der Waals surface area contributed by atoms with Gasteiger partial charge in [0.1, 0.15) is 10.6 Å². The Hall–Kier alpha value is -2.08. The number of hydrogen-bond acceptors (Lipinski definition) is 5. The molecule has 0 atom stereocenters. The summed E-state index contributed by atoms with van der Waals surface area (Å²) in [5.74, 6) is 0.0761. The molecule has 0 unspecified atom stereocenters. The van der Waals surface area contributed by atoms with Crippen molar-refractivity contribution >= 4 is 28.3 Å². The summed E-state index contributed by atoms with van der Waals surface area (Å²) in [4.78, 5) is 12.1. The predicted molar refractivity (Wildman–Crippen MR) is 87.6 cm³/mol. The third kappa shape index (κ3) is 3.95. The second kappa shape index (κ2) is 6.58. The van der Waals surface area contributed by atoms with Gasteiger partial charge in [0.2, 0.25) is 0 Å². The van der Waals surface area contributed by atoms with E-state index in [-0.39, 0.29) is 17.8 Å². The van der Waals surface area contributed by atoms with Gasteiger partial charge in [-0.2, -0.15) is 4.37 Å². The molecule has 5 nitrogen and oxygen atoms in total. The number of anilines is 2. The van der Waals surface area contributed by atoms with Crippen LogP contribution in [-0.4, -0.2) is 16.3 Å². The second-order valence-corrected chi connectivity index (χ2v) is 6.01. The third-order valence-electron chi connectivity index (χ3n) is 2.94. The van der Waals surface area contributed by atoms with Gasteiger partial charge in [0.25, 0.3) is 5.91 Å². The number of nitrogens with one attached hydrogen (secondary N) is 2. The summed E-state index contributed by atoms with van der Waals surface area (Å²) >= 11 is 1.21. The molecule has 1 heterocycles. The Morgan fingerprint density at radius 1 is 1.33 bits per heavy atom. The number of carbonyl (C=O) groups is 1. The molecule has 0 saturated carbocycles. The SMILES string of the molecule is Cc1ccc(CNc2snc(N)c2C(=O)NC(C)C)cc1. The predicted octanol–water partition coefficient (Wildman–Crippen LogP) is 2.78. The maximum absolute atomic E-state index is 12.1. The Morgan fingerprint density at radius 2 is 2.00 bits per heavy atom. The van der Waals surface area contributed by atoms with Crippen molar-refractivity contribution in [2.24, 2.45) is 0 Å². The lowest BCUT2D eigenvalue weighted by Crippen LogP contribution is -2.30. The summed E-state index contributed by atoms with van der Waals surface area (Å²) in [5.41, 5.74) is 8.60. The molecular weight excluding hydrogens is 284 g/mol. The van der Waals surface area contributed by atoms with E-state index in [0.717, 1.165) is 5.56 Å². The van der Waals surface area contributed by atoms with Crippen LogP contribution in [0.25, 0.3) is 0 Å². The first-order valence-electron chi connectivity index (χ1n) is 6.82. The maximum atomic E-state index is 12.1. The van der Waals surface area contributed by atoms with Gasteiger partial charge in [-0.05, 0) is 37.9 Å². The molecule has 0 radical (unpaired) electrons. The first-order chi connectivity index (χ1) is 9.97. The fraction of sp³-hybridized carbons (Fsp3) is 0.333. The number of nitrogens with two attached hydrogens (primary N) is 1. The molecule has 0 bridgehead atoms. The van der Waals surface area contributed by atoms with Gasteiger partial charge in [-0.3, -0.25) is 4.79 Å². The minimum Gasteiger partial charge on any atom is -0.382 e. The minimum absolute atomic E-state index is 0.0572. The summed E-state index contributed by atoms with van der Waals surface area (Å²) in [6.45, 7) is 6.50. The first kappa shape index (κ1) is 15.3. The molecule has 6 heteroatoms. The quantitative estimate of drug-likeness (QED) is 0.793. The molecule has 2 aromatic rings. The van der Waals surface area contributed by atoms with E-state index in [1.165, 1.54) is 17.1 Å². The van der Waals surface area contributed by atoms with Crippen molar-refractivity contribution in [1.82, 2.24) is 9.69 Å². The minimum atomic E-state index is -0.192. The maximum Gasteiger partial charge on any atom is 0.258 e. The van der Waals surface area contributed by atoms with E-state index >= 15 is 0 Å². The van der Waals surface area contributed by atoms with Crippen LogP contribution in [0.1, 0.15) is 35.3 Å². The van der Waals surface area contributed by atoms with Crippen LogP contribution in [0.5, 0.6) is 0 Å². The number of nitrogens with zero attached hydrogens (tertiary/aromatic N) is 1. The van der Waals surface area contributed by atoms with Crippen molar-refractivity contribution in [3.8, 4) is 0 Å². The third-order valence-corrected chi connectivity index (χ3v) is 3.76. The lowest BCUT2D eigenvalue weighted by Gasteiger charge is -2.10. The number of benzene rings is 1. The van der Waals surface area contributed by atoms with Crippen LogP contribution < -0.4 is 16.4 Å². The van der Waals surface area contributed by atoms with E-state index < -0.39 is 0 Å². The number of carbonyl (C=O) groups excluding carboxylic acids is 1. The molecule has 0 aliphatic carbocycles. The van der Waals surface area contributed by atoms with Crippen LogP contribution in [0.4, 0.5) is 10.8 Å². The van der Waals surface area contributed by atoms with E-state index in [4.69, 9.17) is 5.73 Å². The highest BCUT2D eigenvalue weighted by Gasteiger charge is 2.19. The van der Waals surface area contributed by atoms with Crippen LogP contribution >= 0.6 is 11.5 Å². The van der Waals surface area contributed by atoms with Gasteiger partial charge < -0.3 is 16.4 Å². The monoisotopic (exact) mass is 304 g/mol. The summed E-state index contributed by atoms with van der Waals surface area (Å²) in [6, 6.07) is 8.29. The van der Waals surface area contributed by atoms with Crippen molar-refractivity contribution in [1.29, 1.82) is 0 Å². The average molecular weight is 304 g/mol. The van der Waals surface area contributed by atoms with Crippen molar-refractivity contribution in [2.45, 2.75) is 33.4 Å². The van der Waals surface area contributed by atoms with E-state index in [1.807, 2.05) is 13.8 Å². The highest BCUT2D eigenvalue weighted by atomic mass is 32.1. The standard InChI is InChI=1S/C15H20N4OS/c1-9(2)18-14(20)12-13(16)19-21-15(12)17-8-11-6-4-10(3)5-7-11/h4-7,9,17H,8H2,1-3H3,(H2,16,19)(H,18,20). The molecule has 4 N–H and O–H groups in total. The van der Waals surface area contributed by atoms with Gasteiger partial charge in [-0.25, -0.2) is 0 Å². The molecule has 2 rings (SSSR count). The average Bonchev–Trinajstić information content (AvgIpc) is 2.78. The number of nitrogen functional groups attached to an aromatic ring is 1. The normalized spacial score (nSPS) is 10.7. The van der Waals surface area contributed by atoms with Gasteiger partial charge in [-0.1, -0.05) is 29.8 Å². The Kier molecular flexibility index (Phi) is 4.80. The van der Waals surface area contributed by atoms with Crippen LogP contribution in [0, 0.1) is 6.92 Å². The van der Waals surface area contributed by atoms with Crippen LogP contribution in [-0.2, 0) is 6.54 Å². The topological polar surface area (TPSA) is 80.0 Å². The lowest BCUT2D eigenvalue weighted by molar-refractivity contribution is 0.0945. The first-order valence-corrected chi connectivity index (χ1v) is 7.60. The van der Waals surface area contributed by atoms with E-state index in [9.17, 15) is 4.79 Å². The Bertz CT molecular complexity index is 619. The molecule has 112 valence electrons. The molecule has 21 heavy (non-hydrogen) atoms. The second-order valence-electron chi connectivity index (χ2n) is 5.24. The number of rotatable bonds is 5. The van der Waals surface area contributed by atoms with Crippen molar-refractivity contribution in [3.05, 3.63) is 41.0 Å². The highest BCUT2D eigenvalue weighted by molar-refractivity contribution is 7.11. The molecular formula is C15H20N4OS. The molecule has 0 saturated heterocycles. The molecule has 0 aliphatic rings. The molecule has 1 amide bonds. The molecule has 1 aromatic carbocycles. The van der Waals surface area contributed by atoms with E-state index in [0.29, 0.717) is 17.1 Å². The molecule has 1 aromatic heterocycles. The highest BCUT2D eigenvalue weighted by Crippen LogP contribution is 2.27. The Balaban J connectivity index is 2.10. The largest absolute Gasteiger partial charge is 0.382 e. The summed E-state index contributed by atoms with van der Waals surface area (Å²) < 4.78 is 4.07. The van der Waals surface area contributed by atoms with Gasteiger partial charge in [0.05, 0.1) is 0 Å². The summed E-state index contributed by atoms with van der Waals surface area (Å²) in [5, 5.41) is 6.78. The zero-order chi connectivity index (χ0) is 15.4. The fourth-order valence-electron chi connectivity index (χ4n) is 1.87. The molecule has 0 fully saturated rings. The van der Waals surface area contributed by atoms with Crippen LogP contribution in [0.15, 0.2) is 24.3 Å². The van der Waals surface area contributed by atoms with Gasteiger partial charge in [0, 0.05) is 12.6 Å². The van der Waals surface area contributed by atoms with Crippen molar-refractivity contribution < 1.29 is 4.79 Å². The Morgan fingerprint density at radius 3 is 2.62 bits per heavy atom. The molecule has 0 aliphatic heterocycles. The van der Waals surface area contributed by atoms with Crippen molar-refractivity contribution in [2.75, 3.05) is 11.1 Å². The van der Waals surface area contributed by atoms with Gasteiger partial charge in [0.15, 0.2) is 5.82 Å². The zero-order valence-corrected chi connectivity index (χ0v) is 13.3. The van der Waals surface area contributed by atoms with E-state index in [1.54, 1.807) is 0 Å². The van der Waals surface area contributed by atoms with E-state index in [2.05, 4.69) is 46.2 Å². The number of hydrogen-bond donors (Lipinski definition) is 3. The van der Waals surface area contributed by atoms with Crippen LogP contribution in [0.2, 0.25) is 0 Å². The summed E-state index contributed by atoms with van der Waals surface area (Å²) in [7, 11) is 0. The smallest absolute Gasteiger partial charge is 0.258 e. The van der Waals surface area contributed by atoms with Crippen molar-refractivity contribution in [3.63, 3.8) is 0 Å². The zero-order valence-electron chi connectivity index (χ0n) is 12.4. The van der Waals surface area contributed by atoms with Gasteiger partial charge in [-0.15, -0.1) is 0 Å². The van der Waals surface area contributed by atoms with Crippen LogP contribution in [0.3, 0.4) is 0 Å². The number of aryl methyl sites for hydroxylation is 1. The fourth-order valence-corrected chi connectivity index (χ4v) is 2.57. The lowest BCUT2D eigenvalue weighted by atomic mass is 10.1. The van der Waals surface area contributed by atoms with Gasteiger partial charge >= 0.3 is 0 Å². The number of aromatic nitrogens is 1. The number of amides is 1.